The lowest BCUT2D eigenvalue weighted by molar-refractivity contribution is 0.0600. The highest BCUT2D eigenvalue weighted by Crippen LogP contribution is 2.20. The maximum absolute atomic E-state index is 12.4. The van der Waals surface area contributed by atoms with E-state index in [0.717, 1.165) is 11.3 Å². The average molecular weight is 312 g/mol. The van der Waals surface area contributed by atoms with Crippen LogP contribution in [-0.2, 0) is 4.74 Å². The fourth-order valence-electron chi connectivity index (χ4n) is 2.12. The van der Waals surface area contributed by atoms with Gasteiger partial charge in [-0.3, -0.25) is 4.79 Å². The minimum Gasteiger partial charge on any atom is -0.465 e. The molecule has 0 saturated heterocycles. The summed E-state index contributed by atoms with van der Waals surface area (Å²) in [6.07, 6.45) is 0. The molecular formula is C18H20N2O3. The molecule has 1 amide bonds. The van der Waals surface area contributed by atoms with Crippen LogP contribution in [0.15, 0.2) is 42.5 Å². The van der Waals surface area contributed by atoms with Gasteiger partial charge in [-0.1, -0.05) is 12.1 Å². The highest BCUT2D eigenvalue weighted by Gasteiger charge is 2.12. The Labute approximate surface area is 135 Å². The second kappa shape index (κ2) is 6.96. The molecule has 2 rings (SSSR count). The van der Waals surface area contributed by atoms with Crippen molar-refractivity contribution in [2.45, 2.75) is 6.92 Å². The lowest BCUT2D eigenvalue weighted by atomic mass is 10.1. The molecule has 0 aliphatic rings. The minimum atomic E-state index is -0.435. The van der Waals surface area contributed by atoms with Crippen molar-refractivity contribution < 1.29 is 14.3 Å². The van der Waals surface area contributed by atoms with Crippen LogP contribution in [0.3, 0.4) is 0 Å². The largest absolute Gasteiger partial charge is 0.465 e. The molecule has 0 spiro atoms. The van der Waals surface area contributed by atoms with Crippen molar-refractivity contribution >= 4 is 23.3 Å². The van der Waals surface area contributed by atoms with E-state index in [1.54, 1.807) is 24.3 Å². The van der Waals surface area contributed by atoms with Crippen LogP contribution in [0.4, 0.5) is 11.4 Å². The number of hydrogen-bond acceptors (Lipinski definition) is 4. The summed E-state index contributed by atoms with van der Waals surface area (Å²) in [6.45, 7) is 1.87. The predicted octanol–water partition coefficient (Wildman–Crippen LogP) is 3.10. The number of aryl methyl sites for hydroxylation is 1. The van der Waals surface area contributed by atoms with Crippen molar-refractivity contribution in [3.63, 3.8) is 0 Å². The summed E-state index contributed by atoms with van der Waals surface area (Å²) in [5.41, 5.74) is 3.36. The summed E-state index contributed by atoms with van der Waals surface area (Å²) in [5.74, 6) is -0.658. The summed E-state index contributed by atoms with van der Waals surface area (Å²) in [5, 5.41) is 2.85. The van der Waals surface area contributed by atoms with E-state index >= 15 is 0 Å². The fourth-order valence-corrected chi connectivity index (χ4v) is 2.12. The summed E-state index contributed by atoms with van der Waals surface area (Å²) in [6, 6.07) is 12.4. The Balaban J connectivity index is 2.26. The number of esters is 1. The van der Waals surface area contributed by atoms with E-state index in [2.05, 4.69) is 5.32 Å². The highest BCUT2D eigenvalue weighted by atomic mass is 16.5. The lowest BCUT2D eigenvalue weighted by Crippen LogP contribution is -2.15. The predicted molar refractivity (Wildman–Crippen MR) is 91.2 cm³/mol. The zero-order chi connectivity index (χ0) is 17.0. The van der Waals surface area contributed by atoms with E-state index in [1.807, 2.05) is 44.1 Å². The van der Waals surface area contributed by atoms with Crippen molar-refractivity contribution in [1.82, 2.24) is 0 Å². The van der Waals surface area contributed by atoms with Crippen LogP contribution in [0.1, 0.15) is 26.3 Å². The second-order valence-corrected chi connectivity index (χ2v) is 5.42. The number of ether oxygens (including phenoxy) is 1. The van der Waals surface area contributed by atoms with Gasteiger partial charge in [0.15, 0.2) is 0 Å². The van der Waals surface area contributed by atoms with E-state index in [0.29, 0.717) is 16.8 Å². The van der Waals surface area contributed by atoms with Gasteiger partial charge in [-0.25, -0.2) is 4.79 Å². The molecule has 0 heterocycles. The molecule has 0 saturated carbocycles. The van der Waals surface area contributed by atoms with Crippen LogP contribution in [0.5, 0.6) is 0 Å². The van der Waals surface area contributed by atoms with Crippen molar-refractivity contribution in [2.75, 3.05) is 31.4 Å². The summed E-state index contributed by atoms with van der Waals surface area (Å²) < 4.78 is 4.71. The Morgan fingerprint density at radius 1 is 1.04 bits per heavy atom. The first-order valence-electron chi connectivity index (χ1n) is 7.20. The van der Waals surface area contributed by atoms with Gasteiger partial charge in [0, 0.05) is 31.0 Å². The number of carbonyl (C=O) groups is 2. The number of methoxy groups -OCH3 is 1. The first kappa shape index (κ1) is 16.5. The van der Waals surface area contributed by atoms with Crippen molar-refractivity contribution in [2.24, 2.45) is 0 Å². The highest BCUT2D eigenvalue weighted by molar-refractivity contribution is 6.05. The quantitative estimate of drug-likeness (QED) is 0.881. The van der Waals surface area contributed by atoms with Crippen molar-refractivity contribution in [1.29, 1.82) is 0 Å². The van der Waals surface area contributed by atoms with Gasteiger partial charge in [0.2, 0.25) is 0 Å². The summed E-state index contributed by atoms with van der Waals surface area (Å²) >= 11 is 0. The molecule has 0 aliphatic heterocycles. The zero-order valence-electron chi connectivity index (χ0n) is 13.7. The maximum Gasteiger partial charge on any atom is 0.337 e. The molecule has 2 aromatic rings. The molecule has 120 valence electrons. The van der Waals surface area contributed by atoms with Crippen LogP contribution in [-0.4, -0.2) is 33.1 Å². The number of rotatable bonds is 4. The van der Waals surface area contributed by atoms with Crippen LogP contribution in [0.2, 0.25) is 0 Å². The molecule has 0 aromatic heterocycles. The van der Waals surface area contributed by atoms with Crippen LogP contribution in [0.25, 0.3) is 0 Å². The van der Waals surface area contributed by atoms with Crippen LogP contribution >= 0.6 is 0 Å². The number of hydrogen-bond donors (Lipinski definition) is 1. The van der Waals surface area contributed by atoms with Gasteiger partial charge in [0.1, 0.15) is 0 Å². The third-order valence-electron chi connectivity index (χ3n) is 3.53. The topological polar surface area (TPSA) is 58.6 Å². The number of carbonyl (C=O) groups excluding carboxylic acids is 2. The van der Waals surface area contributed by atoms with Crippen LogP contribution < -0.4 is 10.2 Å². The Morgan fingerprint density at radius 2 is 1.78 bits per heavy atom. The smallest absolute Gasteiger partial charge is 0.337 e. The first-order chi connectivity index (χ1) is 10.9. The molecule has 5 heteroatoms. The zero-order valence-corrected chi connectivity index (χ0v) is 13.7. The molecule has 1 N–H and O–H groups in total. The van der Waals surface area contributed by atoms with Gasteiger partial charge in [-0.15, -0.1) is 0 Å². The van der Waals surface area contributed by atoms with E-state index < -0.39 is 5.97 Å². The monoisotopic (exact) mass is 312 g/mol. The van der Waals surface area contributed by atoms with Crippen LogP contribution in [0, 0.1) is 6.92 Å². The van der Waals surface area contributed by atoms with E-state index in [1.165, 1.54) is 7.11 Å². The Kier molecular flexibility index (Phi) is 5.01. The molecule has 0 aliphatic carbocycles. The molecule has 0 unspecified atom stereocenters. The molecule has 0 bridgehead atoms. The Morgan fingerprint density at radius 3 is 2.43 bits per heavy atom. The van der Waals surface area contributed by atoms with Gasteiger partial charge < -0.3 is 15.0 Å². The summed E-state index contributed by atoms with van der Waals surface area (Å²) in [4.78, 5) is 26.0. The maximum atomic E-state index is 12.4. The Bertz CT molecular complexity index is 739. The van der Waals surface area contributed by atoms with E-state index in [9.17, 15) is 9.59 Å². The average Bonchev–Trinajstić information content (AvgIpc) is 2.56. The number of nitrogens with zero attached hydrogens (tertiary/aromatic N) is 1. The Hall–Kier alpha value is -2.82. The first-order valence-corrected chi connectivity index (χ1v) is 7.20. The molecular weight excluding hydrogens is 292 g/mol. The molecule has 2 aromatic carbocycles. The third kappa shape index (κ3) is 3.88. The molecule has 5 nitrogen and oxygen atoms in total. The minimum absolute atomic E-state index is 0.223. The van der Waals surface area contributed by atoms with Gasteiger partial charge in [-0.2, -0.15) is 0 Å². The normalized spacial score (nSPS) is 10.1. The standard InChI is InChI=1S/C18H20N2O3/c1-12-8-9-14(18(22)23-4)11-16(12)19-17(21)13-6-5-7-15(10-13)20(2)3/h5-11H,1-4H3,(H,19,21). The third-order valence-corrected chi connectivity index (χ3v) is 3.53. The molecule has 23 heavy (non-hydrogen) atoms. The lowest BCUT2D eigenvalue weighted by Gasteiger charge is -2.14. The number of amides is 1. The van der Waals surface area contributed by atoms with E-state index in [-0.39, 0.29) is 5.91 Å². The van der Waals surface area contributed by atoms with Gasteiger partial charge in [-0.05, 0) is 42.8 Å². The van der Waals surface area contributed by atoms with Crippen molar-refractivity contribution in [3.8, 4) is 0 Å². The number of anilines is 2. The molecule has 0 radical (unpaired) electrons. The molecule has 0 fully saturated rings. The second-order valence-electron chi connectivity index (χ2n) is 5.42. The SMILES string of the molecule is COC(=O)c1ccc(C)c(NC(=O)c2cccc(N(C)C)c2)c1. The van der Waals surface area contributed by atoms with Gasteiger partial charge >= 0.3 is 5.97 Å². The summed E-state index contributed by atoms with van der Waals surface area (Å²) in [7, 11) is 5.16. The number of nitrogens with one attached hydrogen (secondary N) is 1. The van der Waals surface area contributed by atoms with Gasteiger partial charge in [0.25, 0.3) is 5.91 Å². The number of benzene rings is 2. The van der Waals surface area contributed by atoms with Gasteiger partial charge in [0.05, 0.1) is 12.7 Å². The van der Waals surface area contributed by atoms with E-state index in [4.69, 9.17) is 4.74 Å². The van der Waals surface area contributed by atoms with Crippen molar-refractivity contribution in [3.05, 3.63) is 59.2 Å². The fraction of sp³-hybridized carbons (Fsp3) is 0.222. The molecule has 0 atom stereocenters.